The molecule has 0 aliphatic rings. The van der Waals surface area contributed by atoms with Gasteiger partial charge >= 0.3 is 0 Å². The minimum absolute atomic E-state index is 0.0744. The molecule has 1 rings (SSSR count). The van der Waals surface area contributed by atoms with E-state index in [0.717, 1.165) is 6.26 Å². The number of sulfone groups is 1. The van der Waals surface area contributed by atoms with Crippen LogP contribution in [-0.4, -0.2) is 40.2 Å². The van der Waals surface area contributed by atoms with Gasteiger partial charge in [-0.3, -0.25) is 4.79 Å². The Kier molecular flexibility index (Phi) is 6.58. The van der Waals surface area contributed by atoms with Crippen LogP contribution in [0.2, 0.25) is 0 Å². The molecule has 0 saturated heterocycles. The maximum Gasteiger partial charge on any atom is 0.243 e. The third-order valence-electron chi connectivity index (χ3n) is 3.45. The Bertz CT molecular complexity index is 693. The molecule has 1 N–H and O–H groups in total. The van der Waals surface area contributed by atoms with Gasteiger partial charge in [-0.2, -0.15) is 5.26 Å². The molecule has 0 aliphatic heterocycles. The van der Waals surface area contributed by atoms with Crippen LogP contribution in [0.1, 0.15) is 20.3 Å². The van der Waals surface area contributed by atoms with E-state index in [2.05, 4.69) is 5.32 Å². The van der Waals surface area contributed by atoms with Crippen molar-refractivity contribution in [2.75, 3.05) is 24.7 Å². The van der Waals surface area contributed by atoms with Crippen LogP contribution in [0.25, 0.3) is 0 Å². The minimum atomic E-state index is -3.41. The zero-order chi connectivity index (χ0) is 17.6. The number of benzene rings is 1. The number of hydrogen-bond acceptors (Lipinski definition) is 5. The molecule has 0 heterocycles. The Hall–Kier alpha value is -2.07. The number of para-hydroxylation sites is 1. The number of carbonyl (C=O) groups excluding carboxylic acids is 1. The molecule has 126 valence electrons. The number of hydrogen-bond donors (Lipinski definition) is 1. The molecule has 1 aromatic carbocycles. The first-order valence-corrected chi connectivity index (χ1v) is 9.24. The smallest absolute Gasteiger partial charge is 0.243 e. The summed E-state index contributed by atoms with van der Waals surface area (Å²) in [6, 6.07) is 7.93. The van der Waals surface area contributed by atoms with Crippen LogP contribution in [-0.2, 0) is 14.6 Å². The zero-order valence-electron chi connectivity index (χ0n) is 13.9. The van der Waals surface area contributed by atoms with Crippen LogP contribution in [0.15, 0.2) is 29.2 Å². The normalized spacial score (nSPS) is 12.5. The van der Waals surface area contributed by atoms with Crippen molar-refractivity contribution in [3.8, 4) is 6.07 Å². The van der Waals surface area contributed by atoms with Crippen molar-refractivity contribution in [3.05, 3.63) is 24.3 Å². The van der Waals surface area contributed by atoms with E-state index in [4.69, 9.17) is 5.26 Å². The predicted molar refractivity (Wildman–Crippen MR) is 89.8 cm³/mol. The average molecular weight is 337 g/mol. The summed E-state index contributed by atoms with van der Waals surface area (Å²) in [6.07, 6.45) is 1.69. The Morgan fingerprint density at radius 3 is 2.48 bits per heavy atom. The molecule has 0 unspecified atom stereocenters. The van der Waals surface area contributed by atoms with E-state index in [9.17, 15) is 13.2 Å². The number of likely N-dealkylation sites (N-methyl/N-ethyl adjacent to an activating group) is 1. The molecule has 0 radical (unpaired) electrons. The molecule has 6 nitrogen and oxygen atoms in total. The van der Waals surface area contributed by atoms with E-state index in [1.54, 1.807) is 30.1 Å². The van der Waals surface area contributed by atoms with Crippen molar-refractivity contribution in [1.82, 2.24) is 5.32 Å². The predicted octanol–water partition coefficient (Wildman–Crippen LogP) is 1.58. The van der Waals surface area contributed by atoms with E-state index >= 15 is 0 Å². The second kappa shape index (κ2) is 7.97. The van der Waals surface area contributed by atoms with Crippen molar-refractivity contribution in [2.45, 2.75) is 31.2 Å². The monoisotopic (exact) mass is 337 g/mol. The highest BCUT2D eigenvalue weighted by atomic mass is 32.2. The van der Waals surface area contributed by atoms with Gasteiger partial charge in [0.1, 0.15) is 12.6 Å². The molecule has 0 saturated carbocycles. The lowest BCUT2D eigenvalue weighted by atomic mass is 10.0. The standard InChI is InChI=1S/C16H23N3O3S/c1-12(2)11-14(16(20)18-10-9-17)19(3)13-7-5-6-8-15(13)23(4,21)22/h5-8,12,14H,10-11H2,1-4H3,(H,18,20)/t14-/m0/s1. The molecule has 1 aromatic rings. The van der Waals surface area contributed by atoms with Crippen LogP contribution >= 0.6 is 0 Å². The first-order valence-electron chi connectivity index (χ1n) is 7.35. The number of nitrogens with one attached hydrogen (secondary N) is 1. The van der Waals surface area contributed by atoms with E-state index in [1.165, 1.54) is 6.07 Å². The molecule has 23 heavy (non-hydrogen) atoms. The number of nitrogens with zero attached hydrogens (tertiary/aromatic N) is 2. The summed E-state index contributed by atoms with van der Waals surface area (Å²) in [5.41, 5.74) is 0.479. The maximum absolute atomic E-state index is 12.4. The van der Waals surface area contributed by atoms with E-state index < -0.39 is 15.9 Å². The summed E-state index contributed by atoms with van der Waals surface area (Å²) in [6.45, 7) is 3.90. The molecule has 0 spiro atoms. The molecule has 0 fully saturated rings. The lowest BCUT2D eigenvalue weighted by Gasteiger charge is -2.31. The number of carbonyl (C=O) groups is 1. The fourth-order valence-electron chi connectivity index (χ4n) is 2.36. The number of anilines is 1. The Balaban J connectivity index is 3.23. The second-order valence-corrected chi connectivity index (χ2v) is 7.86. The summed E-state index contributed by atoms with van der Waals surface area (Å²) >= 11 is 0. The molecule has 7 heteroatoms. The number of rotatable bonds is 7. The van der Waals surface area contributed by atoms with Gasteiger partial charge in [-0.05, 0) is 24.5 Å². The zero-order valence-corrected chi connectivity index (χ0v) is 14.7. The first kappa shape index (κ1) is 19.0. The molecular weight excluding hydrogens is 314 g/mol. The van der Waals surface area contributed by atoms with Crippen molar-refractivity contribution >= 4 is 21.4 Å². The maximum atomic E-state index is 12.4. The highest BCUT2D eigenvalue weighted by Crippen LogP contribution is 2.27. The number of amides is 1. The minimum Gasteiger partial charge on any atom is -0.362 e. The molecule has 1 amide bonds. The Morgan fingerprint density at radius 2 is 1.96 bits per heavy atom. The lowest BCUT2D eigenvalue weighted by Crippen LogP contribution is -2.46. The lowest BCUT2D eigenvalue weighted by molar-refractivity contribution is -0.122. The summed E-state index contributed by atoms with van der Waals surface area (Å²) in [7, 11) is -1.71. The summed E-state index contributed by atoms with van der Waals surface area (Å²) in [5.74, 6) is -0.0493. The van der Waals surface area contributed by atoms with Gasteiger partial charge in [-0.25, -0.2) is 8.42 Å². The van der Waals surface area contributed by atoms with Crippen molar-refractivity contribution in [2.24, 2.45) is 5.92 Å². The SMILES string of the molecule is CC(C)C[C@@H](C(=O)NCC#N)N(C)c1ccccc1S(C)(=O)=O. The van der Waals surface area contributed by atoms with Gasteiger partial charge in [-0.1, -0.05) is 26.0 Å². The molecule has 0 bridgehead atoms. The van der Waals surface area contributed by atoms with Crippen LogP contribution in [0.4, 0.5) is 5.69 Å². The van der Waals surface area contributed by atoms with Crippen LogP contribution in [0.3, 0.4) is 0 Å². The van der Waals surface area contributed by atoms with E-state index in [-0.39, 0.29) is 23.3 Å². The summed E-state index contributed by atoms with van der Waals surface area (Å²) in [4.78, 5) is 14.2. The summed E-state index contributed by atoms with van der Waals surface area (Å²) < 4.78 is 23.9. The quantitative estimate of drug-likeness (QED) is 0.763. The van der Waals surface area contributed by atoms with Gasteiger partial charge in [0, 0.05) is 13.3 Å². The van der Waals surface area contributed by atoms with Crippen molar-refractivity contribution in [3.63, 3.8) is 0 Å². The third kappa shape index (κ3) is 5.25. The van der Waals surface area contributed by atoms with Crippen LogP contribution in [0.5, 0.6) is 0 Å². The van der Waals surface area contributed by atoms with Crippen LogP contribution in [0, 0.1) is 17.2 Å². The fraction of sp³-hybridized carbons (Fsp3) is 0.500. The Labute approximate surface area is 138 Å². The van der Waals surface area contributed by atoms with Gasteiger partial charge in [0.25, 0.3) is 0 Å². The van der Waals surface area contributed by atoms with Gasteiger partial charge in [0.2, 0.25) is 5.91 Å². The molecular formula is C16H23N3O3S. The fourth-order valence-corrected chi connectivity index (χ4v) is 3.28. The van der Waals surface area contributed by atoms with Crippen LogP contribution < -0.4 is 10.2 Å². The first-order chi connectivity index (χ1) is 10.7. The van der Waals surface area contributed by atoms with Gasteiger partial charge < -0.3 is 10.2 Å². The highest BCUT2D eigenvalue weighted by Gasteiger charge is 2.27. The largest absolute Gasteiger partial charge is 0.362 e. The van der Waals surface area contributed by atoms with Gasteiger partial charge in [0.15, 0.2) is 9.84 Å². The van der Waals surface area contributed by atoms with Gasteiger partial charge in [-0.15, -0.1) is 0 Å². The average Bonchev–Trinajstić information content (AvgIpc) is 2.48. The molecule has 1 atom stereocenters. The molecule has 0 aromatic heterocycles. The second-order valence-electron chi connectivity index (χ2n) is 5.87. The summed E-state index contributed by atoms with van der Waals surface area (Å²) in [5, 5.41) is 11.2. The van der Waals surface area contributed by atoms with Crippen molar-refractivity contribution < 1.29 is 13.2 Å². The third-order valence-corrected chi connectivity index (χ3v) is 4.60. The van der Waals surface area contributed by atoms with Crippen molar-refractivity contribution in [1.29, 1.82) is 5.26 Å². The molecule has 0 aliphatic carbocycles. The topological polar surface area (TPSA) is 90.3 Å². The van der Waals surface area contributed by atoms with Gasteiger partial charge in [0.05, 0.1) is 16.7 Å². The van der Waals surface area contributed by atoms with E-state index in [0.29, 0.717) is 12.1 Å². The Morgan fingerprint density at radius 1 is 1.35 bits per heavy atom. The highest BCUT2D eigenvalue weighted by molar-refractivity contribution is 7.90. The number of nitriles is 1. The van der Waals surface area contributed by atoms with E-state index in [1.807, 2.05) is 19.9 Å².